The molecule has 8 nitrogen and oxygen atoms in total. The van der Waals surface area contributed by atoms with Crippen molar-refractivity contribution >= 4 is 34.6 Å². The van der Waals surface area contributed by atoms with E-state index >= 15 is 0 Å². The molecular weight excluding hydrogens is 470 g/mol. The highest BCUT2D eigenvalue weighted by molar-refractivity contribution is 5.96. The topological polar surface area (TPSA) is 101 Å². The lowest BCUT2D eigenvalue weighted by Crippen LogP contribution is -2.53. The van der Waals surface area contributed by atoms with Gasteiger partial charge in [0.15, 0.2) is 0 Å². The number of fused-ring (bicyclic) bond motifs is 3. The smallest absolute Gasteiger partial charge is 0.337 e. The van der Waals surface area contributed by atoms with Crippen molar-refractivity contribution in [2.24, 2.45) is 0 Å². The van der Waals surface area contributed by atoms with Gasteiger partial charge in [-0.2, -0.15) is 0 Å². The van der Waals surface area contributed by atoms with Crippen LogP contribution >= 0.6 is 0 Å². The van der Waals surface area contributed by atoms with Gasteiger partial charge < -0.3 is 19.8 Å². The molecule has 0 saturated heterocycles. The van der Waals surface area contributed by atoms with Crippen LogP contribution in [0.15, 0.2) is 72.8 Å². The molecule has 0 radical (unpaired) electrons. The number of methoxy groups -OCH3 is 2. The predicted octanol–water partition coefficient (Wildman–Crippen LogP) is 4.98. The van der Waals surface area contributed by atoms with E-state index in [1.54, 1.807) is 24.3 Å². The number of ether oxygens (including phenoxy) is 2. The molecule has 3 aromatic carbocycles. The van der Waals surface area contributed by atoms with Gasteiger partial charge in [-0.25, -0.2) is 14.4 Å². The van der Waals surface area contributed by atoms with Crippen LogP contribution in [0.25, 0.3) is 10.9 Å². The van der Waals surface area contributed by atoms with Gasteiger partial charge in [-0.3, -0.25) is 4.90 Å². The highest BCUT2D eigenvalue weighted by Gasteiger charge is 2.44. The summed E-state index contributed by atoms with van der Waals surface area (Å²) in [7, 11) is 2.65. The van der Waals surface area contributed by atoms with Crippen molar-refractivity contribution in [1.82, 2.24) is 9.88 Å². The third kappa shape index (κ3) is 4.31. The molecule has 188 valence electrons. The highest BCUT2D eigenvalue weighted by Crippen LogP contribution is 2.41. The summed E-state index contributed by atoms with van der Waals surface area (Å²) < 4.78 is 10.0. The number of carbonyl (C=O) groups is 3. The Kier molecular flexibility index (Phi) is 6.40. The molecule has 2 atom stereocenters. The SMILES string of the molecule is COC(=O)c1ccc(C2c3[nH]c4ccccc4c3CC(C(=O)OC)N2C(=O)Nc2ccccc2C)cc1. The number of nitrogens with one attached hydrogen (secondary N) is 2. The molecule has 1 aliphatic heterocycles. The molecule has 8 heteroatoms. The number of aromatic nitrogens is 1. The molecule has 0 spiro atoms. The Hall–Kier alpha value is -4.59. The monoisotopic (exact) mass is 497 g/mol. The summed E-state index contributed by atoms with van der Waals surface area (Å²) in [5.74, 6) is -0.963. The Morgan fingerprint density at radius 3 is 2.32 bits per heavy atom. The Balaban J connectivity index is 1.68. The molecule has 2 amide bonds. The van der Waals surface area contributed by atoms with Gasteiger partial charge in [0.25, 0.3) is 0 Å². The van der Waals surface area contributed by atoms with Crippen molar-refractivity contribution in [1.29, 1.82) is 0 Å². The second-order valence-electron chi connectivity index (χ2n) is 8.97. The van der Waals surface area contributed by atoms with Crippen LogP contribution < -0.4 is 5.32 Å². The normalized spacial score (nSPS) is 16.7. The number of aryl methyl sites for hydroxylation is 1. The molecule has 0 fully saturated rings. The van der Waals surface area contributed by atoms with Crippen molar-refractivity contribution in [3.8, 4) is 0 Å². The van der Waals surface area contributed by atoms with E-state index in [2.05, 4.69) is 10.3 Å². The third-order valence-electron chi connectivity index (χ3n) is 6.87. The quantitative estimate of drug-likeness (QED) is 0.387. The van der Waals surface area contributed by atoms with Gasteiger partial charge in [0, 0.05) is 28.7 Å². The number of rotatable bonds is 4. The van der Waals surface area contributed by atoms with Crippen molar-refractivity contribution in [2.45, 2.75) is 25.4 Å². The summed E-state index contributed by atoms with van der Waals surface area (Å²) in [4.78, 5) is 44.1. The fourth-order valence-electron chi connectivity index (χ4n) is 5.02. The van der Waals surface area contributed by atoms with E-state index < -0.39 is 30.1 Å². The minimum absolute atomic E-state index is 0.296. The van der Waals surface area contributed by atoms with Gasteiger partial charge in [-0.15, -0.1) is 0 Å². The standard InChI is InChI=1S/C29H27N3O5/c1-17-8-4-6-10-22(17)31-29(35)32-24(28(34)37-3)16-21-20-9-5-7-11-23(20)30-25(21)26(32)18-12-14-19(15-13-18)27(33)36-2/h4-15,24,26,30H,16H2,1-3H3,(H,31,35). The molecule has 2 N–H and O–H groups in total. The number of H-pyrrole nitrogens is 1. The molecular formula is C29H27N3O5. The maximum absolute atomic E-state index is 13.9. The lowest BCUT2D eigenvalue weighted by Gasteiger charge is -2.40. The summed E-state index contributed by atoms with van der Waals surface area (Å²) in [6.45, 7) is 1.91. The number of carbonyl (C=O) groups excluding carboxylic acids is 3. The molecule has 0 bridgehead atoms. The van der Waals surface area contributed by atoms with Crippen LogP contribution in [0.4, 0.5) is 10.5 Å². The van der Waals surface area contributed by atoms with Crippen LogP contribution in [0.2, 0.25) is 0 Å². The molecule has 0 saturated carbocycles. The number of nitrogens with zero attached hydrogens (tertiary/aromatic N) is 1. The molecule has 1 aliphatic rings. The average Bonchev–Trinajstić information content (AvgIpc) is 3.30. The lowest BCUT2D eigenvalue weighted by molar-refractivity contribution is -0.146. The van der Waals surface area contributed by atoms with E-state index in [-0.39, 0.29) is 0 Å². The number of para-hydroxylation sites is 2. The summed E-state index contributed by atoms with van der Waals surface area (Å²) in [6.07, 6.45) is 0.296. The Morgan fingerprint density at radius 2 is 1.62 bits per heavy atom. The zero-order valence-corrected chi connectivity index (χ0v) is 20.8. The van der Waals surface area contributed by atoms with E-state index in [0.29, 0.717) is 17.7 Å². The van der Waals surface area contributed by atoms with Gasteiger partial charge in [0.2, 0.25) is 0 Å². The molecule has 2 heterocycles. The molecule has 2 unspecified atom stereocenters. The second kappa shape index (κ2) is 9.81. The summed E-state index contributed by atoms with van der Waals surface area (Å²) in [6, 6.07) is 20.2. The number of hydrogen-bond acceptors (Lipinski definition) is 5. The van der Waals surface area contributed by atoms with Crippen molar-refractivity contribution in [3.63, 3.8) is 0 Å². The van der Waals surface area contributed by atoms with E-state index in [1.165, 1.54) is 19.1 Å². The number of hydrogen-bond donors (Lipinski definition) is 2. The first kappa shape index (κ1) is 24.1. The molecule has 1 aromatic heterocycles. The van der Waals surface area contributed by atoms with Crippen molar-refractivity contribution < 1.29 is 23.9 Å². The van der Waals surface area contributed by atoms with E-state index in [4.69, 9.17) is 9.47 Å². The Labute approximate surface area is 214 Å². The fourth-order valence-corrected chi connectivity index (χ4v) is 5.02. The van der Waals surface area contributed by atoms with Gasteiger partial charge in [-0.05, 0) is 47.9 Å². The van der Waals surface area contributed by atoms with Gasteiger partial charge >= 0.3 is 18.0 Å². The minimum Gasteiger partial charge on any atom is -0.467 e. The van der Waals surface area contributed by atoms with E-state index in [0.717, 1.165) is 33.3 Å². The zero-order valence-electron chi connectivity index (χ0n) is 20.8. The number of aromatic amines is 1. The maximum Gasteiger partial charge on any atom is 0.337 e. The number of urea groups is 1. The largest absolute Gasteiger partial charge is 0.467 e. The summed E-state index contributed by atoms with van der Waals surface area (Å²) >= 11 is 0. The zero-order chi connectivity index (χ0) is 26.1. The van der Waals surface area contributed by atoms with Crippen LogP contribution in [0.5, 0.6) is 0 Å². The number of amides is 2. The first-order valence-corrected chi connectivity index (χ1v) is 11.9. The van der Waals surface area contributed by atoms with Crippen LogP contribution in [-0.4, -0.2) is 48.1 Å². The van der Waals surface area contributed by atoms with Crippen molar-refractivity contribution in [3.05, 3.63) is 101 Å². The number of benzene rings is 3. The molecule has 5 rings (SSSR count). The maximum atomic E-state index is 13.9. The Morgan fingerprint density at radius 1 is 0.919 bits per heavy atom. The van der Waals surface area contributed by atoms with Crippen LogP contribution in [-0.2, 0) is 20.7 Å². The van der Waals surface area contributed by atoms with Crippen LogP contribution in [0, 0.1) is 6.92 Å². The summed E-state index contributed by atoms with van der Waals surface area (Å²) in [5, 5.41) is 3.97. The molecule has 4 aromatic rings. The fraction of sp³-hybridized carbons (Fsp3) is 0.207. The van der Waals surface area contributed by atoms with Gasteiger partial charge in [0.1, 0.15) is 12.1 Å². The molecule has 37 heavy (non-hydrogen) atoms. The highest BCUT2D eigenvalue weighted by atomic mass is 16.5. The number of anilines is 1. The van der Waals surface area contributed by atoms with Gasteiger partial charge in [-0.1, -0.05) is 48.5 Å². The van der Waals surface area contributed by atoms with E-state index in [9.17, 15) is 14.4 Å². The lowest BCUT2D eigenvalue weighted by atomic mass is 9.88. The Bertz CT molecular complexity index is 1490. The van der Waals surface area contributed by atoms with Crippen LogP contribution in [0.1, 0.15) is 38.8 Å². The van der Waals surface area contributed by atoms with E-state index in [1.807, 2.05) is 55.5 Å². The molecule has 0 aliphatic carbocycles. The van der Waals surface area contributed by atoms with Crippen molar-refractivity contribution in [2.75, 3.05) is 19.5 Å². The average molecular weight is 498 g/mol. The number of esters is 2. The third-order valence-corrected chi connectivity index (χ3v) is 6.87. The first-order chi connectivity index (χ1) is 17.9. The summed E-state index contributed by atoms with van der Waals surface area (Å²) in [5.41, 5.74) is 5.34. The first-order valence-electron chi connectivity index (χ1n) is 11.9. The van der Waals surface area contributed by atoms with Crippen LogP contribution in [0.3, 0.4) is 0 Å². The predicted molar refractivity (Wildman–Crippen MR) is 139 cm³/mol. The minimum atomic E-state index is -0.869. The van der Waals surface area contributed by atoms with Gasteiger partial charge in [0.05, 0.1) is 19.8 Å². The second-order valence-corrected chi connectivity index (χ2v) is 8.97.